The summed E-state index contributed by atoms with van der Waals surface area (Å²) in [4.78, 5) is 10.9. The Morgan fingerprint density at radius 2 is 2.08 bits per heavy atom. The van der Waals surface area contributed by atoms with E-state index < -0.39 is 0 Å². The van der Waals surface area contributed by atoms with Gasteiger partial charge in [-0.2, -0.15) is 0 Å². The van der Waals surface area contributed by atoms with Crippen LogP contribution in [0.4, 0.5) is 0 Å². The Balaban J connectivity index is 1.38. The van der Waals surface area contributed by atoms with Crippen LogP contribution in [0.3, 0.4) is 0 Å². The Labute approximate surface area is 157 Å². The van der Waals surface area contributed by atoms with Gasteiger partial charge in [-0.25, -0.2) is 0 Å². The Bertz CT molecular complexity index is 544. The number of hydrogen-bond donors (Lipinski definition) is 1. The van der Waals surface area contributed by atoms with Gasteiger partial charge in [-0.05, 0) is 43.9 Å². The largest absolute Gasteiger partial charge is 0.355 e. The monoisotopic (exact) mass is 360 g/mol. The predicted molar refractivity (Wildman–Crippen MR) is 108 cm³/mol. The number of nitrogens with zero attached hydrogens (tertiary/aromatic N) is 3. The summed E-state index contributed by atoms with van der Waals surface area (Å²) in [5.74, 6) is 3.03. The van der Waals surface area contributed by atoms with Gasteiger partial charge in [0.1, 0.15) is 0 Å². The van der Waals surface area contributed by atoms with Crippen molar-refractivity contribution in [3.05, 3.63) is 30.3 Å². The van der Waals surface area contributed by atoms with E-state index in [2.05, 4.69) is 57.4 Å². The standard InChI is InChI=1S/C20H32N4S/c1-3-23(18-9-10-18)14-12-22-20(21-2)24-13-11-17(15-24)16-25-19-7-5-4-6-8-19/h4-8,17-18H,3,9-16H2,1-2H3,(H,21,22). The lowest BCUT2D eigenvalue weighted by Gasteiger charge is -2.24. The summed E-state index contributed by atoms with van der Waals surface area (Å²) in [5.41, 5.74) is 0. The molecule has 1 aromatic carbocycles. The zero-order chi connectivity index (χ0) is 17.5. The molecule has 4 nitrogen and oxygen atoms in total. The van der Waals surface area contributed by atoms with Gasteiger partial charge in [-0.1, -0.05) is 25.1 Å². The van der Waals surface area contributed by atoms with E-state index in [0.29, 0.717) is 0 Å². The van der Waals surface area contributed by atoms with Crippen molar-refractivity contribution in [2.24, 2.45) is 10.9 Å². The second-order valence-electron chi connectivity index (χ2n) is 7.06. The molecule has 1 N–H and O–H groups in total. The van der Waals surface area contributed by atoms with Gasteiger partial charge >= 0.3 is 0 Å². The zero-order valence-electron chi connectivity index (χ0n) is 15.7. The van der Waals surface area contributed by atoms with Gasteiger partial charge in [0, 0.05) is 49.9 Å². The van der Waals surface area contributed by atoms with E-state index in [0.717, 1.165) is 50.6 Å². The van der Waals surface area contributed by atoms with Crippen LogP contribution in [-0.2, 0) is 0 Å². The second-order valence-corrected chi connectivity index (χ2v) is 8.15. The zero-order valence-corrected chi connectivity index (χ0v) is 16.5. The van der Waals surface area contributed by atoms with Crippen LogP contribution >= 0.6 is 11.8 Å². The predicted octanol–water partition coefficient (Wildman–Crippen LogP) is 3.16. The third-order valence-electron chi connectivity index (χ3n) is 5.18. The SMILES string of the molecule is CCN(CCNC(=NC)N1CCC(CSc2ccccc2)C1)C1CC1. The smallest absolute Gasteiger partial charge is 0.193 e. The molecule has 2 fully saturated rings. The van der Waals surface area contributed by atoms with Gasteiger partial charge in [0.15, 0.2) is 5.96 Å². The average molecular weight is 361 g/mol. The number of thioether (sulfide) groups is 1. The number of benzene rings is 1. The van der Waals surface area contributed by atoms with Gasteiger partial charge in [-0.3, -0.25) is 9.89 Å². The van der Waals surface area contributed by atoms with Crippen molar-refractivity contribution in [2.75, 3.05) is 45.5 Å². The van der Waals surface area contributed by atoms with Crippen LogP contribution in [0.25, 0.3) is 0 Å². The van der Waals surface area contributed by atoms with Crippen molar-refractivity contribution < 1.29 is 0 Å². The molecule has 25 heavy (non-hydrogen) atoms. The molecule has 3 rings (SSSR count). The normalized spacial score (nSPS) is 21.2. The summed E-state index contributed by atoms with van der Waals surface area (Å²) in [6.07, 6.45) is 4.04. The van der Waals surface area contributed by atoms with Crippen LogP contribution in [0.1, 0.15) is 26.2 Å². The third kappa shape index (κ3) is 5.65. The van der Waals surface area contributed by atoms with Crippen molar-refractivity contribution in [2.45, 2.75) is 37.1 Å². The van der Waals surface area contributed by atoms with Gasteiger partial charge in [0.2, 0.25) is 0 Å². The van der Waals surface area contributed by atoms with Crippen LogP contribution in [0.15, 0.2) is 40.2 Å². The summed E-state index contributed by atoms with van der Waals surface area (Å²) < 4.78 is 0. The van der Waals surface area contributed by atoms with Crippen molar-refractivity contribution in [1.29, 1.82) is 0 Å². The second kappa shape index (κ2) is 9.48. The highest BCUT2D eigenvalue weighted by Crippen LogP contribution is 2.26. The molecule has 0 radical (unpaired) electrons. The maximum Gasteiger partial charge on any atom is 0.193 e. The van der Waals surface area contributed by atoms with E-state index in [1.807, 2.05) is 18.8 Å². The first kappa shape index (κ1) is 18.6. The molecule has 0 spiro atoms. The van der Waals surface area contributed by atoms with E-state index >= 15 is 0 Å². The Hall–Kier alpha value is -1.20. The Kier molecular flexibility index (Phi) is 7.05. The van der Waals surface area contributed by atoms with Crippen molar-refractivity contribution in [1.82, 2.24) is 15.1 Å². The van der Waals surface area contributed by atoms with Crippen LogP contribution in [0.2, 0.25) is 0 Å². The fourth-order valence-electron chi connectivity index (χ4n) is 3.57. The molecule has 1 saturated carbocycles. The molecule has 1 aliphatic heterocycles. The van der Waals surface area contributed by atoms with Gasteiger partial charge < -0.3 is 10.2 Å². The quantitative estimate of drug-likeness (QED) is 0.438. The van der Waals surface area contributed by atoms with E-state index in [-0.39, 0.29) is 0 Å². The Morgan fingerprint density at radius 3 is 2.76 bits per heavy atom. The lowest BCUT2D eigenvalue weighted by atomic mass is 10.2. The number of likely N-dealkylation sites (tertiary alicyclic amines) is 1. The minimum absolute atomic E-state index is 0.752. The maximum absolute atomic E-state index is 4.51. The molecule has 1 aromatic rings. The number of rotatable bonds is 8. The molecule has 1 saturated heterocycles. The summed E-state index contributed by atoms with van der Waals surface area (Å²) in [5, 5.41) is 3.58. The van der Waals surface area contributed by atoms with Crippen molar-refractivity contribution >= 4 is 17.7 Å². The summed E-state index contributed by atoms with van der Waals surface area (Å²) in [7, 11) is 1.91. The molecule has 1 atom stereocenters. The van der Waals surface area contributed by atoms with E-state index in [4.69, 9.17) is 0 Å². The van der Waals surface area contributed by atoms with E-state index in [1.165, 1.54) is 29.9 Å². The highest BCUT2D eigenvalue weighted by molar-refractivity contribution is 7.99. The van der Waals surface area contributed by atoms with E-state index in [1.54, 1.807) is 0 Å². The topological polar surface area (TPSA) is 30.9 Å². The Morgan fingerprint density at radius 1 is 1.28 bits per heavy atom. The molecule has 1 heterocycles. The van der Waals surface area contributed by atoms with Gasteiger partial charge in [-0.15, -0.1) is 11.8 Å². The molecule has 138 valence electrons. The molecule has 0 aromatic heterocycles. The molecule has 5 heteroatoms. The summed E-state index contributed by atoms with van der Waals surface area (Å²) in [6, 6.07) is 11.6. The minimum Gasteiger partial charge on any atom is -0.355 e. The van der Waals surface area contributed by atoms with Crippen LogP contribution in [-0.4, -0.2) is 67.3 Å². The fraction of sp³-hybridized carbons (Fsp3) is 0.650. The van der Waals surface area contributed by atoms with Gasteiger partial charge in [0.05, 0.1) is 0 Å². The maximum atomic E-state index is 4.51. The van der Waals surface area contributed by atoms with Crippen LogP contribution < -0.4 is 5.32 Å². The van der Waals surface area contributed by atoms with Crippen LogP contribution in [0, 0.1) is 5.92 Å². The number of aliphatic imine (C=N–C) groups is 1. The number of nitrogens with one attached hydrogen (secondary N) is 1. The fourth-order valence-corrected chi connectivity index (χ4v) is 4.62. The summed E-state index contributed by atoms with van der Waals surface area (Å²) in [6.45, 7) is 7.80. The van der Waals surface area contributed by atoms with Crippen LogP contribution in [0.5, 0.6) is 0 Å². The van der Waals surface area contributed by atoms with Crippen molar-refractivity contribution in [3.8, 4) is 0 Å². The number of likely N-dealkylation sites (N-methyl/N-ethyl adjacent to an activating group) is 1. The first-order chi connectivity index (χ1) is 12.3. The molecular weight excluding hydrogens is 328 g/mol. The molecular formula is C20H32N4S. The number of guanidine groups is 1. The number of hydrogen-bond acceptors (Lipinski definition) is 3. The average Bonchev–Trinajstić information content (AvgIpc) is 3.39. The van der Waals surface area contributed by atoms with E-state index in [9.17, 15) is 0 Å². The van der Waals surface area contributed by atoms with Gasteiger partial charge in [0.25, 0.3) is 0 Å². The molecule has 1 aliphatic carbocycles. The molecule has 2 aliphatic rings. The highest BCUT2D eigenvalue weighted by Gasteiger charge is 2.28. The van der Waals surface area contributed by atoms with Crippen molar-refractivity contribution in [3.63, 3.8) is 0 Å². The third-order valence-corrected chi connectivity index (χ3v) is 6.42. The molecule has 0 amide bonds. The minimum atomic E-state index is 0.752. The summed E-state index contributed by atoms with van der Waals surface area (Å²) >= 11 is 1.98. The molecule has 1 unspecified atom stereocenters. The lowest BCUT2D eigenvalue weighted by molar-refractivity contribution is 0.280. The lowest BCUT2D eigenvalue weighted by Crippen LogP contribution is -2.43. The molecule has 0 bridgehead atoms. The highest BCUT2D eigenvalue weighted by atomic mass is 32.2. The first-order valence-electron chi connectivity index (χ1n) is 9.67. The first-order valence-corrected chi connectivity index (χ1v) is 10.7.